The number of aromatic nitrogens is 2. The summed E-state index contributed by atoms with van der Waals surface area (Å²) >= 11 is 0. The van der Waals surface area contributed by atoms with Crippen molar-refractivity contribution >= 4 is 22.5 Å². The third kappa shape index (κ3) is 3.25. The van der Waals surface area contributed by atoms with Gasteiger partial charge in [-0.25, -0.2) is 4.98 Å². The Morgan fingerprint density at radius 2 is 1.91 bits per heavy atom. The van der Waals surface area contributed by atoms with Gasteiger partial charge in [-0.15, -0.1) is 0 Å². The molecule has 2 fully saturated rings. The molecule has 2 aliphatic carbocycles. The van der Waals surface area contributed by atoms with Crippen molar-refractivity contribution in [2.45, 2.75) is 63.8 Å². The number of piperazine rings is 1. The Hall–Kier alpha value is -3.17. The predicted molar refractivity (Wildman–Crippen MR) is 138 cm³/mol. The van der Waals surface area contributed by atoms with Gasteiger partial charge in [0.25, 0.3) is 0 Å². The first-order valence-electron chi connectivity index (χ1n) is 13.0. The number of nitriles is 1. The van der Waals surface area contributed by atoms with Gasteiger partial charge in [-0.05, 0) is 49.4 Å². The molecular weight excluding hydrogens is 434 g/mol. The standard InChI is InChI=1S/C29H33N5O/c1-4-8-29(9-5-10-29)34-13-11-33(12-14-34)24-16-22-21(18-31-24)26(35)25-20-7-6-19(17-30)15-23(20)32-27(25)28(22,2)3/h6-7,15-16,18,32H,4-5,8-14H2,1-3H3. The summed E-state index contributed by atoms with van der Waals surface area (Å²) in [4.78, 5) is 27.0. The third-order valence-electron chi connectivity index (χ3n) is 8.86. The zero-order valence-corrected chi connectivity index (χ0v) is 20.9. The van der Waals surface area contributed by atoms with Crippen LogP contribution in [0.5, 0.6) is 0 Å². The van der Waals surface area contributed by atoms with Gasteiger partial charge in [0.2, 0.25) is 0 Å². The van der Waals surface area contributed by atoms with Gasteiger partial charge >= 0.3 is 0 Å². The van der Waals surface area contributed by atoms with Gasteiger partial charge in [0, 0.05) is 65.5 Å². The molecule has 6 heteroatoms. The molecular formula is C29H33N5O. The van der Waals surface area contributed by atoms with Crippen LogP contribution in [0.15, 0.2) is 30.5 Å². The van der Waals surface area contributed by atoms with Crippen molar-refractivity contribution < 1.29 is 4.79 Å². The molecule has 35 heavy (non-hydrogen) atoms. The Morgan fingerprint density at radius 3 is 2.57 bits per heavy atom. The van der Waals surface area contributed by atoms with E-state index >= 15 is 0 Å². The fourth-order valence-electron chi connectivity index (χ4n) is 6.74. The molecule has 1 N–H and O–H groups in total. The van der Waals surface area contributed by atoms with Crippen molar-refractivity contribution in [1.29, 1.82) is 5.26 Å². The summed E-state index contributed by atoms with van der Waals surface area (Å²) < 4.78 is 0. The van der Waals surface area contributed by atoms with Crippen molar-refractivity contribution in [2.75, 3.05) is 31.1 Å². The van der Waals surface area contributed by atoms with Crippen LogP contribution in [0.1, 0.15) is 85.6 Å². The average Bonchev–Trinajstić information content (AvgIpc) is 3.25. The molecule has 3 aromatic rings. The van der Waals surface area contributed by atoms with Gasteiger partial charge in [0.15, 0.2) is 5.78 Å². The van der Waals surface area contributed by atoms with E-state index in [1.807, 2.05) is 12.1 Å². The number of nitrogens with zero attached hydrogens (tertiary/aromatic N) is 4. The monoisotopic (exact) mass is 467 g/mol. The lowest BCUT2D eigenvalue weighted by Gasteiger charge is -2.53. The van der Waals surface area contributed by atoms with Gasteiger partial charge in [0.05, 0.1) is 17.2 Å². The molecule has 0 amide bonds. The summed E-state index contributed by atoms with van der Waals surface area (Å²) in [5.41, 5.74) is 4.84. The zero-order chi connectivity index (χ0) is 24.4. The summed E-state index contributed by atoms with van der Waals surface area (Å²) in [5.74, 6) is 0.981. The quantitative estimate of drug-likeness (QED) is 0.574. The van der Waals surface area contributed by atoms with Crippen molar-refractivity contribution in [3.63, 3.8) is 0 Å². The van der Waals surface area contributed by atoms with Crippen LogP contribution in [0.4, 0.5) is 5.82 Å². The Kier molecular flexibility index (Phi) is 5.05. The SMILES string of the molecule is CCCC1(N2CCN(c3cc4c(cn3)C(=O)c3c([nH]c5cc(C#N)ccc35)C4(C)C)CC2)CCC1. The third-order valence-corrected chi connectivity index (χ3v) is 8.86. The van der Waals surface area contributed by atoms with Gasteiger partial charge in [-0.3, -0.25) is 9.69 Å². The maximum atomic E-state index is 13.6. The number of hydrogen-bond donors (Lipinski definition) is 1. The molecule has 180 valence electrons. The first kappa shape index (κ1) is 22.3. The highest BCUT2D eigenvalue weighted by atomic mass is 16.1. The normalized spacial score (nSPS) is 20.7. The molecule has 1 aromatic carbocycles. The number of anilines is 1. The molecule has 3 aliphatic rings. The second-order valence-electron chi connectivity index (χ2n) is 11.1. The van der Waals surface area contributed by atoms with E-state index in [9.17, 15) is 10.1 Å². The first-order valence-corrected chi connectivity index (χ1v) is 13.0. The van der Waals surface area contributed by atoms with Crippen LogP contribution in [-0.4, -0.2) is 52.4 Å². The van der Waals surface area contributed by atoms with Gasteiger partial charge in [-0.1, -0.05) is 33.3 Å². The lowest BCUT2D eigenvalue weighted by Crippen LogP contribution is -2.60. The van der Waals surface area contributed by atoms with Crippen LogP contribution in [0.2, 0.25) is 0 Å². The number of carbonyl (C=O) groups is 1. The minimum Gasteiger partial charge on any atom is -0.357 e. The summed E-state index contributed by atoms with van der Waals surface area (Å²) in [7, 11) is 0. The minimum absolute atomic E-state index is 0.0145. The van der Waals surface area contributed by atoms with Crippen molar-refractivity contribution in [3.05, 3.63) is 58.4 Å². The van der Waals surface area contributed by atoms with Crippen LogP contribution >= 0.6 is 0 Å². The Balaban J connectivity index is 1.31. The number of nitrogens with one attached hydrogen (secondary N) is 1. The van der Waals surface area contributed by atoms with Crippen LogP contribution in [0.25, 0.3) is 10.9 Å². The first-order chi connectivity index (χ1) is 16.9. The molecule has 1 saturated carbocycles. The van der Waals surface area contributed by atoms with Crippen LogP contribution in [0.3, 0.4) is 0 Å². The number of fused-ring (bicyclic) bond motifs is 4. The number of rotatable bonds is 4. The van der Waals surface area contributed by atoms with E-state index in [0.717, 1.165) is 54.2 Å². The lowest BCUT2D eigenvalue weighted by atomic mass is 9.71. The van der Waals surface area contributed by atoms with Crippen LogP contribution in [-0.2, 0) is 5.41 Å². The maximum absolute atomic E-state index is 13.6. The van der Waals surface area contributed by atoms with Crippen molar-refractivity contribution in [3.8, 4) is 6.07 Å². The summed E-state index contributed by atoms with van der Waals surface area (Å²) in [6.07, 6.45) is 8.40. The van der Waals surface area contributed by atoms with Crippen molar-refractivity contribution in [2.24, 2.45) is 0 Å². The molecule has 0 spiro atoms. The molecule has 0 atom stereocenters. The smallest absolute Gasteiger partial charge is 0.197 e. The van der Waals surface area contributed by atoms with Gasteiger partial charge in [0.1, 0.15) is 5.82 Å². The van der Waals surface area contributed by atoms with Crippen LogP contribution < -0.4 is 4.90 Å². The topological polar surface area (TPSA) is 76.0 Å². The fraction of sp³-hybridized carbons (Fsp3) is 0.483. The Labute approximate surface area is 206 Å². The highest BCUT2D eigenvalue weighted by Crippen LogP contribution is 2.45. The van der Waals surface area contributed by atoms with E-state index in [-0.39, 0.29) is 11.2 Å². The van der Waals surface area contributed by atoms with E-state index in [4.69, 9.17) is 4.98 Å². The maximum Gasteiger partial charge on any atom is 0.197 e. The number of hydrogen-bond acceptors (Lipinski definition) is 5. The molecule has 1 saturated heterocycles. The van der Waals surface area contributed by atoms with Gasteiger partial charge in [-0.2, -0.15) is 5.26 Å². The molecule has 0 unspecified atom stereocenters. The Bertz CT molecular complexity index is 1370. The molecule has 0 bridgehead atoms. The second kappa shape index (κ2) is 7.93. The molecule has 6 nitrogen and oxygen atoms in total. The molecule has 0 radical (unpaired) electrons. The minimum atomic E-state index is -0.374. The second-order valence-corrected chi connectivity index (χ2v) is 11.1. The fourth-order valence-corrected chi connectivity index (χ4v) is 6.74. The van der Waals surface area contributed by atoms with Crippen LogP contribution in [0, 0.1) is 11.3 Å². The highest BCUT2D eigenvalue weighted by Gasteiger charge is 2.43. The van der Waals surface area contributed by atoms with Gasteiger partial charge < -0.3 is 9.88 Å². The zero-order valence-electron chi connectivity index (χ0n) is 20.9. The lowest BCUT2D eigenvalue weighted by molar-refractivity contribution is 0.00371. The Morgan fingerprint density at radius 1 is 1.14 bits per heavy atom. The molecule has 2 aromatic heterocycles. The number of ketones is 1. The highest BCUT2D eigenvalue weighted by molar-refractivity contribution is 6.20. The largest absolute Gasteiger partial charge is 0.357 e. The number of carbonyl (C=O) groups excluding carboxylic acids is 1. The number of H-pyrrole nitrogens is 1. The number of aromatic amines is 1. The summed E-state index contributed by atoms with van der Waals surface area (Å²) in [6.45, 7) is 10.7. The summed E-state index contributed by atoms with van der Waals surface area (Å²) in [5, 5.41) is 10.2. The van der Waals surface area contributed by atoms with E-state index < -0.39 is 0 Å². The molecule has 6 rings (SSSR count). The van der Waals surface area contributed by atoms with E-state index in [0.29, 0.717) is 22.2 Å². The van der Waals surface area contributed by atoms with E-state index in [1.165, 1.54) is 32.1 Å². The number of pyridine rings is 1. The van der Waals surface area contributed by atoms with E-state index in [2.05, 4.69) is 47.7 Å². The molecule has 3 heterocycles. The van der Waals surface area contributed by atoms with E-state index in [1.54, 1.807) is 12.3 Å². The van der Waals surface area contributed by atoms with Crippen molar-refractivity contribution in [1.82, 2.24) is 14.9 Å². The molecule has 1 aliphatic heterocycles. The average molecular weight is 468 g/mol. The summed E-state index contributed by atoms with van der Waals surface area (Å²) in [6, 6.07) is 9.83. The predicted octanol–water partition coefficient (Wildman–Crippen LogP) is 5.15. The number of benzene rings is 1.